The molecule has 0 aromatic carbocycles. The number of halogens is 1. The largest absolute Gasteiger partial charge is 0.319 e. The fourth-order valence-electron chi connectivity index (χ4n) is 1.03. The molecule has 0 saturated carbocycles. The van der Waals surface area contributed by atoms with Crippen LogP contribution in [0.3, 0.4) is 0 Å². The summed E-state index contributed by atoms with van der Waals surface area (Å²) in [4.78, 5) is 0. The van der Waals surface area contributed by atoms with E-state index in [-0.39, 0.29) is 11.5 Å². The molecule has 1 aromatic heterocycles. The average Bonchev–Trinajstić information content (AvgIpc) is 2.11. The van der Waals surface area contributed by atoms with Crippen molar-refractivity contribution < 1.29 is 4.39 Å². The molecule has 1 heterocycles. The van der Waals surface area contributed by atoms with Crippen molar-refractivity contribution in [3.05, 3.63) is 23.8 Å². The van der Waals surface area contributed by atoms with E-state index < -0.39 is 0 Å². The van der Waals surface area contributed by atoms with Crippen molar-refractivity contribution in [2.75, 3.05) is 0 Å². The van der Waals surface area contributed by atoms with Gasteiger partial charge in [0.15, 0.2) is 5.95 Å². The lowest BCUT2D eigenvalue weighted by Gasteiger charge is -2.21. The second-order valence-electron chi connectivity index (χ2n) is 3.83. The summed E-state index contributed by atoms with van der Waals surface area (Å²) in [5, 5.41) is 0. The molecule has 0 saturated heterocycles. The van der Waals surface area contributed by atoms with Crippen molar-refractivity contribution in [1.29, 1.82) is 0 Å². The predicted molar refractivity (Wildman–Crippen MR) is 44.1 cm³/mol. The fourth-order valence-corrected chi connectivity index (χ4v) is 1.03. The Morgan fingerprint density at radius 3 is 2.09 bits per heavy atom. The molecule has 0 bridgehead atoms. The topological polar surface area (TPSA) is 4.93 Å². The van der Waals surface area contributed by atoms with Crippen LogP contribution in [0.4, 0.5) is 4.39 Å². The molecule has 62 valence electrons. The quantitative estimate of drug-likeness (QED) is 0.543. The zero-order chi connectivity index (χ0) is 8.65. The van der Waals surface area contributed by atoms with Crippen LogP contribution < -0.4 is 0 Å². The van der Waals surface area contributed by atoms with Gasteiger partial charge in [-0.05, 0) is 33.8 Å². The first-order chi connectivity index (χ1) is 4.93. The molecule has 0 aliphatic heterocycles. The molecule has 0 atom stereocenters. The number of rotatable bonds is 0. The smallest absolute Gasteiger partial charge is 0.197 e. The molecule has 0 aliphatic rings. The Balaban J connectivity index is 3.15. The SMILES string of the molecule is Cc1ccn(C(C)(C)C)c1F. The maximum atomic E-state index is 13.2. The van der Waals surface area contributed by atoms with Gasteiger partial charge in [0.25, 0.3) is 0 Å². The third-order valence-corrected chi connectivity index (χ3v) is 1.73. The highest BCUT2D eigenvalue weighted by molar-refractivity contribution is 5.11. The number of hydrogen-bond acceptors (Lipinski definition) is 0. The van der Waals surface area contributed by atoms with Gasteiger partial charge in [0, 0.05) is 17.3 Å². The zero-order valence-electron chi connectivity index (χ0n) is 7.48. The summed E-state index contributed by atoms with van der Waals surface area (Å²) in [6.45, 7) is 7.72. The maximum Gasteiger partial charge on any atom is 0.197 e. The van der Waals surface area contributed by atoms with Crippen molar-refractivity contribution in [1.82, 2.24) is 4.57 Å². The summed E-state index contributed by atoms with van der Waals surface area (Å²) in [6.07, 6.45) is 1.78. The van der Waals surface area contributed by atoms with Gasteiger partial charge in [-0.15, -0.1) is 0 Å². The van der Waals surface area contributed by atoms with E-state index in [1.807, 2.05) is 20.8 Å². The second-order valence-corrected chi connectivity index (χ2v) is 3.83. The molecule has 11 heavy (non-hydrogen) atoms. The fraction of sp³-hybridized carbons (Fsp3) is 0.556. The summed E-state index contributed by atoms with van der Waals surface area (Å²) in [6, 6.07) is 1.79. The van der Waals surface area contributed by atoms with Crippen LogP contribution in [-0.4, -0.2) is 4.57 Å². The number of hydrogen-bond donors (Lipinski definition) is 0. The van der Waals surface area contributed by atoms with Crippen molar-refractivity contribution in [3.8, 4) is 0 Å². The Bertz CT molecular complexity index is 255. The minimum atomic E-state index is -0.154. The molecular formula is C9H14FN. The monoisotopic (exact) mass is 155 g/mol. The van der Waals surface area contributed by atoms with Crippen LogP contribution in [0.25, 0.3) is 0 Å². The van der Waals surface area contributed by atoms with Gasteiger partial charge in [-0.25, -0.2) is 0 Å². The van der Waals surface area contributed by atoms with E-state index in [1.165, 1.54) is 0 Å². The Labute approximate surface area is 66.8 Å². The molecule has 0 spiro atoms. The Kier molecular flexibility index (Phi) is 1.78. The van der Waals surface area contributed by atoms with Crippen molar-refractivity contribution in [2.45, 2.75) is 33.2 Å². The summed E-state index contributed by atoms with van der Waals surface area (Å²) in [5.41, 5.74) is 0.554. The van der Waals surface area contributed by atoms with Crippen molar-refractivity contribution in [2.24, 2.45) is 0 Å². The lowest BCUT2D eigenvalue weighted by molar-refractivity contribution is 0.335. The maximum absolute atomic E-state index is 13.2. The first-order valence-electron chi connectivity index (χ1n) is 3.77. The summed E-state index contributed by atoms with van der Waals surface area (Å²) in [7, 11) is 0. The summed E-state index contributed by atoms with van der Waals surface area (Å²) >= 11 is 0. The number of nitrogens with zero attached hydrogens (tertiary/aromatic N) is 1. The van der Waals surface area contributed by atoms with Crippen LogP contribution in [0.5, 0.6) is 0 Å². The average molecular weight is 155 g/mol. The third kappa shape index (κ3) is 1.44. The molecule has 1 rings (SSSR count). The van der Waals surface area contributed by atoms with E-state index in [0.29, 0.717) is 5.56 Å². The Hall–Kier alpha value is -0.790. The van der Waals surface area contributed by atoms with Gasteiger partial charge in [0.05, 0.1) is 0 Å². The normalized spacial score (nSPS) is 12.1. The number of aromatic nitrogens is 1. The van der Waals surface area contributed by atoms with Gasteiger partial charge in [-0.1, -0.05) is 0 Å². The van der Waals surface area contributed by atoms with Crippen LogP contribution in [0.1, 0.15) is 26.3 Å². The third-order valence-electron chi connectivity index (χ3n) is 1.73. The highest BCUT2D eigenvalue weighted by atomic mass is 19.1. The minimum Gasteiger partial charge on any atom is -0.319 e. The minimum absolute atomic E-state index is 0.127. The molecular weight excluding hydrogens is 141 g/mol. The molecule has 0 unspecified atom stereocenters. The van der Waals surface area contributed by atoms with Gasteiger partial charge >= 0.3 is 0 Å². The van der Waals surface area contributed by atoms with Gasteiger partial charge in [-0.2, -0.15) is 4.39 Å². The van der Waals surface area contributed by atoms with E-state index in [4.69, 9.17) is 0 Å². The van der Waals surface area contributed by atoms with Crippen LogP contribution in [0.2, 0.25) is 0 Å². The van der Waals surface area contributed by atoms with E-state index in [9.17, 15) is 4.39 Å². The molecule has 0 radical (unpaired) electrons. The van der Waals surface area contributed by atoms with Gasteiger partial charge in [0.1, 0.15) is 0 Å². The predicted octanol–water partition coefficient (Wildman–Crippen LogP) is 2.69. The molecule has 1 aromatic rings. The lowest BCUT2D eigenvalue weighted by Crippen LogP contribution is -2.22. The van der Waals surface area contributed by atoms with Gasteiger partial charge in [0.2, 0.25) is 0 Å². The molecule has 1 nitrogen and oxygen atoms in total. The highest BCUT2D eigenvalue weighted by Gasteiger charge is 2.16. The highest BCUT2D eigenvalue weighted by Crippen LogP contribution is 2.18. The van der Waals surface area contributed by atoms with E-state index >= 15 is 0 Å². The van der Waals surface area contributed by atoms with Crippen LogP contribution >= 0.6 is 0 Å². The van der Waals surface area contributed by atoms with E-state index in [0.717, 1.165) is 0 Å². The summed E-state index contributed by atoms with van der Waals surface area (Å²) in [5.74, 6) is -0.127. The first kappa shape index (κ1) is 8.31. The van der Waals surface area contributed by atoms with Crippen LogP contribution in [-0.2, 0) is 5.54 Å². The second kappa shape index (κ2) is 2.36. The van der Waals surface area contributed by atoms with Crippen LogP contribution in [0.15, 0.2) is 12.3 Å². The standard InChI is InChI=1S/C9H14FN/c1-7-5-6-11(8(7)10)9(2,3)4/h5-6H,1-4H3. The Morgan fingerprint density at radius 1 is 1.36 bits per heavy atom. The molecule has 2 heteroatoms. The first-order valence-corrected chi connectivity index (χ1v) is 3.77. The number of aryl methyl sites for hydroxylation is 1. The van der Waals surface area contributed by atoms with Crippen molar-refractivity contribution in [3.63, 3.8) is 0 Å². The van der Waals surface area contributed by atoms with E-state index in [1.54, 1.807) is 23.8 Å². The molecule has 0 amide bonds. The summed E-state index contributed by atoms with van der Waals surface area (Å²) < 4.78 is 14.9. The zero-order valence-corrected chi connectivity index (χ0v) is 7.48. The van der Waals surface area contributed by atoms with Gasteiger partial charge < -0.3 is 4.57 Å². The molecule has 0 fully saturated rings. The molecule has 0 aliphatic carbocycles. The van der Waals surface area contributed by atoms with E-state index in [2.05, 4.69) is 0 Å². The molecule has 0 N–H and O–H groups in total. The van der Waals surface area contributed by atoms with Crippen molar-refractivity contribution >= 4 is 0 Å². The van der Waals surface area contributed by atoms with Crippen LogP contribution in [0, 0.1) is 12.9 Å². The Morgan fingerprint density at radius 2 is 1.91 bits per heavy atom. The van der Waals surface area contributed by atoms with Gasteiger partial charge in [-0.3, -0.25) is 0 Å². The lowest BCUT2D eigenvalue weighted by atomic mass is 10.1.